The van der Waals surface area contributed by atoms with Crippen LogP contribution in [0.3, 0.4) is 0 Å². The molecule has 1 aliphatic carbocycles. The molecule has 2 aromatic rings. The highest BCUT2D eigenvalue weighted by molar-refractivity contribution is 7.99. The number of pyridine rings is 1. The predicted octanol–water partition coefficient (Wildman–Crippen LogP) is 2.53. The number of fused-ring (bicyclic) bond motifs is 1. The summed E-state index contributed by atoms with van der Waals surface area (Å²) in [5, 5.41) is 3.64. The molecule has 3 heterocycles. The molecule has 2 aliphatic rings. The van der Waals surface area contributed by atoms with Gasteiger partial charge in [0, 0.05) is 37.6 Å². The summed E-state index contributed by atoms with van der Waals surface area (Å²) in [6, 6.07) is 7.60. The normalized spacial score (nSPS) is 22.0. The molecule has 2 aromatic heterocycles. The number of rotatable bonds is 5. The third-order valence-corrected chi connectivity index (χ3v) is 5.68. The van der Waals surface area contributed by atoms with Crippen molar-refractivity contribution in [1.29, 1.82) is 0 Å². The van der Waals surface area contributed by atoms with Crippen LogP contribution < -0.4 is 10.2 Å². The van der Waals surface area contributed by atoms with Gasteiger partial charge in [-0.05, 0) is 37.1 Å². The van der Waals surface area contributed by atoms with Gasteiger partial charge < -0.3 is 14.6 Å². The van der Waals surface area contributed by atoms with Crippen molar-refractivity contribution in [1.82, 2.24) is 14.7 Å². The van der Waals surface area contributed by atoms with Crippen LogP contribution in [0.5, 0.6) is 0 Å². The molecule has 21 heavy (non-hydrogen) atoms. The molecule has 1 unspecified atom stereocenters. The minimum absolute atomic E-state index is 0.625. The Hall–Kier alpha value is -1.20. The second-order valence-electron chi connectivity index (χ2n) is 6.09. The van der Waals surface area contributed by atoms with Crippen LogP contribution in [0.4, 0.5) is 5.82 Å². The SMILES string of the molecule is CN(c1nc2ccccn2c1CNC1CC1)C1CCSC1. The van der Waals surface area contributed by atoms with Crippen molar-refractivity contribution < 1.29 is 0 Å². The number of anilines is 1. The third kappa shape index (κ3) is 2.64. The molecule has 0 amide bonds. The van der Waals surface area contributed by atoms with E-state index in [0.717, 1.165) is 24.1 Å². The van der Waals surface area contributed by atoms with E-state index in [4.69, 9.17) is 4.98 Å². The molecule has 2 fully saturated rings. The Morgan fingerprint density at radius 2 is 2.29 bits per heavy atom. The molecular formula is C16H22N4S. The molecule has 4 nitrogen and oxygen atoms in total. The lowest BCUT2D eigenvalue weighted by atomic mass is 10.2. The summed E-state index contributed by atoms with van der Waals surface area (Å²) >= 11 is 2.05. The fraction of sp³-hybridized carbons (Fsp3) is 0.562. The Balaban J connectivity index is 1.69. The lowest BCUT2D eigenvalue weighted by Gasteiger charge is -2.25. The molecule has 0 spiro atoms. The molecule has 1 atom stereocenters. The van der Waals surface area contributed by atoms with Crippen LogP contribution in [-0.4, -0.2) is 40.0 Å². The lowest BCUT2D eigenvalue weighted by Crippen LogP contribution is -2.33. The molecular weight excluding hydrogens is 280 g/mol. The average Bonchev–Trinajstić information content (AvgIpc) is 3.04. The quantitative estimate of drug-likeness (QED) is 0.920. The highest BCUT2D eigenvalue weighted by Crippen LogP contribution is 2.29. The van der Waals surface area contributed by atoms with Crippen molar-refractivity contribution in [2.24, 2.45) is 0 Å². The first-order chi connectivity index (χ1) is 10.3. The molecule has 112 valence electrons. The Labute approximate surface area is 129 Å². The Morgan fingerprint density at radius 1 is 1.38 bits per heavy atom. The first kappa shape index (κ1) is 13.5. The van der Waals surface area contributed by atoms with Crippen molar-refractivity contribution in [3.05, 3.63) is 30.1 Å². The van der Waals surface area contributed by atoms with E-state index < -0.39 is 0 Å². The number of hydrogen-bond donors (Lipinski definition) is 1. The minimum Gasteiger partial charge on any atom is -0.354 e. The van der Waals surface area contributed by atoms with E-state index in [1.807, 2.05) is 0 Å². The minimum atomic E-state index is 0.625. The van der Waals surface area contributed by atoms with Gasteiger partial charge in [0.15, 0.2) is 5.82 Å². The lowest BCUT2D eigenvalue weighted by molar-refractivity contribution is 0.653. The van der Waals surface area contributed by atoms with Gasteiger partial charge in [-0.15, -0.1) is 0 Å². The van der Waals surface area contributed by atoms with Crippen LogP contribution in [-0.2, 0) is 6.54 Å². The van der Waals surface area contributed by atoms with E-state index >= 15 is 0 Å². The van der Waals surface area contributed by atoms with E-state index in [1.165, 1.54) is 36.5 Å². The maximum absolute atomic E-state index is 4.90. The molecule has 1 saturated carbocycles. The second kappa shape index (κ2) is 5.54. The van der Waals surface area contributed by atoms with Crippen molar-refractivity contribution in [3.63, 3.8) is 0 Å². The van der Waals surface area contributed by atoms with Gasteiger partial charge in [-0.3, -0.25) is 0 Å². The van der Waals surface area contributed by atoms with Gasteiger partial charge in [0.05, 0.1) is 5.69 Å². The monoisotopic (exact) mass is 302 g/mol. The average molecular weight is 302 g/mol. The van der Waals surface area contributed by atoms with E-state index in [2.05, 4.69) is 57.8 Å². The third-order valence-electron chi connectivity index (χ3n) is 4.53. The van der Waals surface area contributed by atoms with Gasteiger partial charge in [-0.1, -0.05) is 6.07 Å². The number of imidazole rings is 1. The van der Waals surface area contributed by atoms with E-state index in [9.17, 15) is 0 Å². The fourth-order valence-electron chi connectivity index (χ4n) is 3.01. The van der Waals surface area contributed by atoms with Crippen LogP contribution in [0, 0.1) is 0 Å². The van der Waals surface area contributed by atoms with Crippen molar-refractivity contribution in [2.45, 2.75) is 37.9 Å². The van der Waals surface area contributed by atoms with Crippen LogP contribution in [0.15, 0.2) is 24.4 Å². The molecule has 1 aliphatic heterocycles. The Kier molecular flexibility index (Phi) is 3.55. The highest BCUT2D eigenvalue weighted by Gasteiger charge is 2.26. The van der Waals surface area contributed by atoms with E-state index in [-0.39, 0.29) is 0 Å². The van der Waals surface area contributed by atoms with Crippen LogP contribution in [0.1, 0.15) is 25.0 Å². The van der Waals surface area contributed by atoms with Crippen LogP contribution >= 0.6 is 11.8 Å². The summed E-state index contributed by atoms with van der Waals surface area (Å²) in [7, 11) is 2.21. The largest absolute Gasteiger partial charge is 0.354 e. The van der Waals surface area contributed by atoms with Gasteiger partial charge in [0.25, 0.3) is 0 Å². The zero-order valence-electron chi connectivity index (χ0n) is 12.5. The van der Waals surface area contributed by atoms with Crippen molar-refractivity contribution in [2.75, 3.05) is 23.5 Å². The maximum atomic E-state index is 4.90. The first-order valence-corrected chi connectivity index (χ1v) is 8.98. The molecule has 1 N–H and O–H groups in total. The summed E-state index contributed by atoms with van der Waals surface area (Å²) in [5.41, 5.74) is 2.36. The fourth-order valence-corrected chi connectivity index (χ4v) is 4.28. The van der Waals surface area contributed by atoms with Crippen molar-refractivity contribution in [3.8, 4) is 0 Å². The van der Waals surface area contributed by atoms with E-state index in [1.54, 1.807) is 0 Å². The molecule has 5 heteroatoms. The number of aromatic nitrogens is 2. The first-order valence-electron chi connectivity index (χ1n) is 7.83. The Bertz CT molecular complexity index is 628. The van der Waals surface area contributed by atoms with Crippen LogP contribution in [0.25, 0.3) is 5.65 Å². The summed E-state index contributed by atoms with van der Waals surface area (Å²) in [6.45, 7) is 0.912. The van der Waals surface area contributed by atoms with Crippen molar-refractivity contribution >= 4 is 23.2 Å². The maximum Gasteiger partial charge on any atom is 0.152 e. The summed E-state index contributed by atoms with van der Waals surface area (Å²) in [4.78, 5) is 7.29. The second-order valence-corrected chi connectivity index (χ2v) is 7.24. The standard InChI is InChI=1S/C16H22N4S/c1-19(13-7-9-21-11-13)16-14(10-17-12-5-6-12)20-8-3-2-4-15(20)18-16/h2-4,8,12-13,17H,5-7,9-11H2,1H3. The van der Waals surface area contributed by atoms with Gasteiger partial charge in [-0.2, -0.15) is 11.8 Å². The van der Waals surface area contributed by atoms with Gasteiger partial charge >= 0.3 is 0 Å². The van der Waals surface area contributed by atoms with Gasteiger partial charge in [-0.25, -0.2) is 4.98 Å². The number of nitrogens with zero attached hydrogens (tertiary/aromatic N) is 3. The Morgan fingerprint density at radius 3 is 3.05 bits per heavy atom. The zero-order valence-corrected chi connectivity index (χ0v) is 13.3. The number of thioether (sulfide) groups is 1. The summed E-state index contributed by atoms with van der Waals surface area (Å²) in [6.07, 6.45) is 6.04. The molecule has 0 aromatic carbocycles. The molecule has 1 saturated heterocycles. The molecule has 0 radical (unpaired) electrons. The number of nitrogens with one attached hydrogen (secondary N) is 1. The summed E-state index contributed by atoms with van der Waals surface area (Å²) < 4.78 is 2.24. The molecule has 4 rings (SSSR count). The van der Waals surface area contributed by atoms with E-state index in [0.29, 0.717) is 6.04 Å². The topological polar surface area (TPSA) is 32.6 Å². The van der Waals surface area contributed by atoms with Crippen LogP contribution in [0.2, 0.25) is 0 Å². The highest BCUT2D eigenvalue weighted by atomic mass is 32.2. The smallest absolute Gasteiger partial charge is 0.152 e. The summed E-state index contributed by atoms with van der Waals surface area (Å²) in [5.74, 6) is 3.65. The predicted molar refractivity (Wildman–Crippen MR) is 89.2 cm³/mol. The number of hydrogen-bond acceptors (Lipinski definition) is 4. The van der Waals surface area contributed by atoms with Gasteiger partial charge in [0.1, 0.15) is 5.65 Å². The zero-order chi connectivity index (χ0) is 14.2. The van der Waals surface area contributed by atoms with Gasteiger partial charge in [0.2, 0.25) is 0 Å². The molecule has 0 bridgehead atoms.